The molecule has 0 aliphatic carbocycles. The van der Waals surface area contributed by atoms with Crippen LogP contribution < -0.4 is 9.47 Å². The first-order chi connectivity index (χ1) is 9.17. The maximum atomic E-state index is 11.2. The van der Waals surface area contributed by atoms with E-state index in [1.165, 1.54) is 20.3 Å². The highest BCUT2D eigenvalue weighted by Crippen LogP contribution is 2.32. The van der Waals surface area contributed by atoms with Gasteiger partial charge in [-0.2, -0.15) is 4.98 Å². The van der Waals surface area contributed by atoms with Crippen LogP contribution in [0.15, 0.2) is 36.4 Å². The normalized spacial score (nSPS) is 10.0. The van der Waals surface area contributed by atoms with Gasteiger partial charge in [0, 0.05) is 5.56 Å². The predicted octanol–water partition coefficient (Wildman–Crippen LogP) is 2.46. The van der Waals surface area contributed by atoms with Gasteiger partial charge in [0.25, 0.3) is 0 Å². The van der Waals surface area contributed by atoms with E-state index in [1.807, 2.05) is 30.3 Å². The van der Waals surface area contributed by atoms with Crippen molar-refractivity contribution in [2.45, 2.75) is 0 Å². The lowest BCUT2D eigenvalue weighted by molar-refractivity contribution is 0.0692. The monoisotopic (exact) mass is 259 g/mol. The van der Waals surface area contributed by atoms with Gasteiger partial charge < -0.3 is 14.6 Å². The molecule has 1 heterocycles. The molecule has 0 aliphatic heterocycles. The molecule has 19 heavy (non-hydrogen) atoms. The first kappa shape index (κ1) is 12.9. The minimum atomic E-state index is -1.09. The minimum absolute atomic E-state index is 0.00199. The van der Waals surface area contributed by atoms with Crippen LogP contribution in [0.4, 0.5) is 0 Å². The van der Waals surface area contributed by atoms with Crippen molar-refractivity contribution < 1.29 is 19.4 Å². The third kappa shape index (κ3) is 2.49. The molecule has 0 spiro atoms. The van der Waals surface area contributed by atoms with Gasteiger partial charge in [0.2, 0.25) is 11.8 Å². The van der Waals surface area contributed by atoms with E-state index in [4.69, 9.17) is 9.47 Å². The van der Waals surface area contributed by atoms with E-state index in [0.717, 1.165) is 5.56 Å². The van der Waals surface area contributed by atoms with E-state index in [9.17, 15) is 9.90 Å². The summed E-state index contributed by atoms with van der Waals surface area (Å²) in [4.78, 5) is 15.3. The second-order valence-corrected chi connectivity index (χ2v) is 3.77. The molecule has 0 fully saturated rings. The number of carbonyl (C=O) groups is 1. The molecule has 5 nitrogen and oxygen atoms in total. The van der Waals surface area contributed by atoms with E-state index in [-0.39, 0.29) is 11.4 Å². The Kier molecular flexibility index (Phi) is 3.66. The number of carboxylic acids is 1. The van der Waals surface area contributed by atoms with Crippen molar-refractivity contribution in [3.05, 3.63) is 42.0 Å². The summed E-state index contributed by atoms with van der Waals surface area (Å²) in [6.45, 7) is 0. The Morgan fingerprint density at radius 1 is 1.11 bits per heavy atom. The Morgan fingerprint density at radius 3 is 2.26 bits per heavy atom. The number of aromatic carboxylic acids is 1. The van der Waals surface area contributed by atoms with Crippen molar-refractivity contribution in [2.24, 2.45) is 0 Å². The molecule has 1 aromatic heterocycles. The average Bonchev–Trinajstić information content (AvgIpc) is 2.46. The molecule has 0 amide bonds. The summed E-state index contributed by atoms with van der Waals surface area (Å²) in [6.07, 6.45) is 0. The first-order valence-corrected chi connectivity index (χ1v) is 5.59. The molecule has 0 saturated carbocycles. The fourth-order valence-electron chi connectivity index (χ4n) is 1.77. The smallest absolute Gasteiger partial charge is 0.341 e. The van der Waals surface area contributed by atoms with Crippen LogP contribution in [0.3, 0.4) is 0 Å². The van der Waals surface area contributed by atoms with Crippen LogP contribution in [0.2, 0.25) is 0 Å². The third-order valence-electron chi connectivity index (χ3n) is 2.65. The standard InChI is InChI=1S/C14H13NO4/c1-18-12-10(9-6-4-3-5-7-9)8-11(14(16)17)13(15-12)19-2/h3-8H,1-2H3,(H,16,17). The second-order valence-electron chi connectivity index (χ2n) is 3.77. The van der Waals surface area contributed by atoms with Gasteiger partial charge in [0.1, 0.15) is 5.56 Å². The molecule has 5 heteroatoms. The summed E-state index contributed by atoms with van der Waals surface area (Å²) in [7, 11) is 2.85. The SMILES string of the molecule is COc1nc(OC)c(-c2ccccc2)cc1C(=O)O. The lowest BCUT2D eigenvalue weighted by Gasteiger charge is -2.11. The fourth-order valence-corrected chi connectivity index (χ4v) is 1.77. The predicted molar refractivity (Wildman–Crippen MR) is 69.7 cm³/mol. The maximum absolute atomic E-state index is 11.2. The number of methoxy groups -OCH3 is 2. The number of hydrogen-bond acceptors (Lipinski definition) is 4. The summed E-state index contributed by atoms with van der Waals surface area (Å²) in [5.74, 6) is -0.735. The number of carboxylic acid groups (broad SMARTS) is 1. The average molecular weight is 259 g/mol. The van der Waals surface area contributed by atoms with Gasteiger partial charge in [-0.15, -0.1) is 0 Å². The van der Waals surface area contributed by atoms with Gasteiger partial charge in [-0.1, -0.05) is 30.3 Å². The fraction of sp³-hybridized carbons (Fsp3) is 0.143. The zero-order chi connectivity index (χ0) is 13.8. The Labute approximate surface area is 110 Å². The Balaban J connectivity index is 2.66. The third-order valence-corrected chi connectivity index (χ3v) is 2.65. The molecule has 1 N–H and O–H groups in total. The maximum Gasteiger partial charge on any atom is 0.341 e. The second kappa shape index (κ2) is 5.39. The van der Waals surface area contributed by atoms with Crippen molar-refractivity contribution in [1.29, 1.82) is 0 Å². The van der Waals surface area contributed by atoms with Crippen molar-refractivity contribution in [1.82, 2.24) is 4.98 Å². The summed E-state index contributed by atoms with van der Waals surface area (Å²) >= 11 is 0. The van der Waals surface area contributed by atoms with Gasteiger partial charge in [0.15, 0.2) is 0 Å². The molecule has 98 valence electrons. The number of rotatable bonds is 4. The number of benzene rings is 1. The van der Waals surface area contributed by atoms with Crippen LogP contribution in [0, 0.1) is 0 Å². The Hall–Kier alpha value is -2.56. The molecule has 2 rings (SSSR count). The first-order valence-electron chi connectivity index (χ1n) is 5.59. The van der Waals surface area contributed by atoms with Crippen LogP contribution in [0.25, 0.3) is 11.1 Å². The molecule has 0 atom stereocenters. The van der Waals surface area contributed by atoms with Crippen molar-refractivity contribution in [2.75, 3.05) is 14.2 Å². The number of aromatic nitrogens is 1. The number of pyridine rings is 1. The van der Waals surface area contributed by atoms with Gasteiger partial charge in [0.05, 0.1) is 14.2 Å². The van der Waals surface area contributed by atoms with E-state index in [2.05, 4.69) is 4.98 Å². The van der Waals surface area contributed by atoms with Crippen LogP contribution in [-0.2, 0) is 0 Å². The molecule has 0 saturated heterocycles. The topological polar surface area (TPSA) is 68.7 Å². The van der Waals surface area contributed by atoms with Crippen LogP contribution in [0.1, 0.15) is 10.4 Å². The highest BCUT2D eigenvalue weighted by atomic mass is 16.5. The molecule has 2 aromatic rings. The summed E-state index contributed by atoms with van der Waals surface area (Å²) in [5, 5.41) is 9.17. The molecule has 0 radical (unpaired) electrons. The quantitative estimate of drug-likeness (QED) is 0.913. The molecular weight excluding hydrogens is 246 g/mol. The summed E-state index contributed by atoms with van der Waals surface area (Å²) in [5.41, 5.74) is 1.44. The van der Waals surface area contributed by atoms with Gasteiger partial charge in [-0.05, 0) is 11.6 Å². The lowest BCUT2D eigenvalue weighted by atomic mass is 10.1. The number of hydrogen-bond donors (Lipinski definition) is 1. The van der Waals surface area contributed by atoms with Crippen LogP contribution in [0.5, 0.6) is 11.8 Å². The van der Waals surface area contributed by atoms with Crippen LogP contribution in [-0.4, -0.2) is 30.3 Å². The van der Waals surface area contributed by atoms with E-state index < -0.39 is 5.97 Å². The van der Waals surface area contributed by atoms with E-state index in [1.54, 1.807) is 0 Å². The number of nitrogens with zero attached hydrogens (tertiary/aromatic N) is 1. The van der Waals surface area contributed by atoms with Gasteiger partial charge in [-0.25, -0.2) is 4.79 Å². The zero-order valence-electron chi connectivity index (χ0n) is 10.6. The van der Waals surface area contributed by atoms with E-state index in [0.29, 0.717) is 11.4 Å². The highest BCUT2D eigenvalue weighted by Gasteiger charge is 2.18. The molecule has 0 bridgehead atoms. The molecule has 0 aliphatic rings. The largest absolute Gasteiger partial charge is 0.480 e. The highest BCUT2D eigenvalue weighted by molar-refractivity contribution is 5.92. The zero-order valence-corrected chi connectivity index (χ0v) is 10.6. The van der Waals surface area contributed by atoms with Gasteiger partial charge >= 0.3 is 5.97 Å². The summed E-state index contributed by atoms with van der Waals surface area (Å²) < 4.78 is 10.2. The van der Waals surface area contributed by atoms with E-state index >= 15 is 0 Å². The van der Waals surface area contributed by atoms with Crippen molar-refractivity contribution in [3.8, 4) is 22.9 Å². The molecule has 1 aromatic carbocycles. The summed E-state index contributed by atoms with van der Waals surface area (Å²) in [6, 6.07) is 10.8. The van der Waals surface area contributed by atoms with Crippen molar-refractivity contribution in [3.63, 3.8) is 0 Å². The van der Waals surface area contributed by atoms with Crippen LogP contribution >= 0.6 is 0 Å². The molecular formula is C14H13NO4. The number of ether oxygens (including phenoxy) is 2. The Morgan fingerprint density at radius 2 is 1.74 bits per heavy atom. The van der Waals surface area contributed by atoms with Crippen molar-refractivity contribution >= 4 is 5.97 Å². The molecule has 0 unspecified atom stereocenters. The minimum Gasteiger partial charge on any atom is -0.480 e. The Bertz CT molecular complexity index is 596. The lowest BCUT2D eigenvalue weighted by Crippen LogP contribution is -2.05. The van der Waals surface area contributed by atoms with Gasteiger partial charge in [-0.3, -0.25) is 0 Å².